The van der Waals surface area contributed by atoms with E-state index in [0.717, 1.165) is 12.1 Å². The van der Waals surface area contributed by atoms with Gasteiger partial charge in [-0.2, -0.15) is 0 Å². The molecule has 2 heterocycles. The van der Waals surface area contributed by atoms with Gasteiger partial charge in [0.25, 0.3) is 5.91 Å². The minimum Gasteiger partial charge on any atom is -0.339 e. The topological polar surface area (TPSA) is 58.1 Å². The van der Waals surface area contributed by atoms with Crippen molar-refractivity contribution in [2.45, 2.75) is 13.0 Å². The van der Waals surface area contributed by atoms with Crippen LogP contribution in [0.25, 0.3) is 0 Å². The smallest absolute Gasteiger partial charge is 0.272 e. The maximum atomic E-state index is 12.9. The second-order valence-electron chi connectivity index (χ2n) is 6.14. The van der Waals surface area contributed by atoms with Crippen LogP contribution in [-0.2, 0) is 13.0 Å². The monoisotopic (exact) mass is 364 g/mol. The van der Waals surface area contributed by atoms with Crippen molar-refractivity contribution in [3.63, 3.8) is 0 Å². The van der Waals surface area contributed by atoms with E-state index in [1.807, 2.05) is 35.2 Å². The largest absolute Gasteiger partial charge is 0.339 e. The van der Waals surface area contributed by atoms with Gasteiger partial charge in [0.15, 0.2) is 0 Å². The van der Waals surface area contributed by atoms with E-state index >= 15 is 0 Å². The van der Waals surface area contributed by atoms with Gasteiger partial charge in [0.05, 0.1) is 10.7 Å². The molecule has 2 aromatic carbocycles. The minimum absolute atomic E-state index is 0.0934. The zero-order valence-electron chi connectivity index (χ0n) is 14.0. The summed E-state index contributed by atoms with van der Waals surface area (Å²) in [4.78, 5) is 23.0. The zero-order chi connectivity index (χ0) is 17.9. The lowest BCUT2D eigenvalue weighted by atomic mass is 10.00. The molecule has 26 heavy (non-hydrogen) atoms. The standard InChI is InChI=1S/C20H17ClN4O/c21-16-7-3-4-8-17(16)24-19-11-18(22-13-23-19)20(26)25-10-9-14-5-1-2-6-15(14)12-25/h1-8,11,13H,9-10,12H2,(H,22,23,24). The summed E-state index contributed by atoms with van der Waals surface area (Å²) in [6, 6.07) is 17.3. The van der Waals surface area contributed by atoms with E-state index in [0.29, 0.717) is 29.6 Å². The Morgan fingerprint density at radius 1 is 1.04 bits per heavy atom. The highest BCUT2D eigenvalue weighted by Crippen LogP contribution is 2.24. The Balaban J connectivity index is 1.53. The van der Waals surface area contributed by atoms with Crippen LogP contribution in [0.5, 0.6) is 0 Å². The third kappa shape index (κ3) is 3.39. The van der Waals surface area contributed by atoms with Crippen molar-refractivity contribution in [1.82, 2.24) is 14.9 Å². The number of amides is 1. The SMILES string of the molecule is O=C(c1cc(Nc2ccccc2Cl)ncn1)N1CCc2ccccc2C1. The normalized spacial score (nSPS) is 13.2. The summed E-state index contributed by atoms with van der Waals surface area (Å²) >= 11 is 6.17. The molecule has 0 fully saturated rings. The number of fused-ring (bicyclic) bond motifs is 1. The number of nitrogens with zero attached hydrogens (tertiary/aromatic N) is 3. The molecule has 0 atom stereocenters. The Labute approximate surface area is 156 Å². The van der Waals surface area contributed by atoms with Crippen molar-refractivity contribution in [2.24, 2.45) is 0 Å². The van der Waals surface area contributed by atoms with Gasteiger partial charge in [0.2, 0.25) is 0 Å². The molecule has 0 radical (unpaired) electrons. The van der Waals surface area contributed by atoms with Crippen molar-refractivity contribution in [1.29, 1.82) is 0 Å². The first-order valence-corrected chi connectivity index (χ1v) is 8.78. The number of halogens is 1. The maximum absolute atomic E-state index is 12.9. The van der Waals surface area contributed by atoms with Gasteiger partial charge in [-0.25, -0.2) is 9.97 Å². The maximum Gasteiger partial charge on any atom is 0.272 e. The summed E-state index contributed by atoms with van der Waals surface area (Å²) in [6.45, 7) is 1.29. The van der Waals surface area contributed by atoms with Crippen LogP contribution < -0.4 is 5.32 Å². The van der Waals surface area contributed by atoms with Crippen molar-refractivity contribution in [3.8, 4) is 0 Å². The number of hydrogen-bond donors (Lipinski definition) is 1. The molecule has 0 spiro atoms. The molecule has 0 aliphatic carbocycles. The van der Waals surface area contributed by atoms with E-state index in [1.54, 1.807) is 12.1 Å². The van der Waals surface area contributed by atoms with E-state index < -0.39 is 0 Å². The van der Waals surface area contributed by atoms with E-state index in [-0.39, 0.29) is 5.91 Å². The molecule has 1 amide bonds. The molecule has 6 heteroatoms. The van der Waals surface area contributed by atoms with Gasteiger partial charge in [0.1, 0.15) is 17.8 Å². The average Bonchev–Trinajstić information content (AvgIpc) is 2.69. The predicted octanol–water partition coefficient (Wildman–Crippen LogP) is 4.07. The molecule has 0 bridgehead atoms. The molecule has 1 aromatic heterocycles. The number of anilines is 2. The number of rotatable bonds is 3. The number of aromatic nitrogens is 2. The summed E-state index contributed by atoms with van der Waals surface area (Å²) in [6.07, 6.45) is 2.25. The Kier molecular flexibility index (Phi) is 4.54. The number of carbonyl (C=O) groups excluding carboxylic acids is 1. The molecular weight excluding hydrogens is 348 g/mol. The molecule has 130 valence electrons. The molecule has 5 nitrogen and oxygen atoms in total. The molecule has 1 aliphatic heterocycles. The number of para-hydroxylation sites is 1. The summed E-state index contributed by atoms with van der Waals surface area (Å²) in [5.74, 6) is 0.443. The van der Waals surface area contributed by atoms with Crippen molar-refractivity contribution >= 4 is 29.0 Å². The predicted molar refractivity (Wildman–Crippen MR) is 102 cm³/mol. The lowest BCUT2D eigenvalue weighted by Crippen LogP contribution is -2.36. The molecule has 4 rings (SSSR count). The van der Waals surface area contributed by atoms with Gasteiger partial charge < -0.3 is 10.2 Å². The fourth-order valence-corrected chi connectivity index (χ4v) is 3.26. The number of carbonyl (C=O) groups is 1. The molecule has 0 unspecified atom stereocenters. The molecule has 0 saturated heterocycles. The molecule has 1 N–H and O–H groups in total. The number of hydrogen-bond acceptors (Lipinski definition) is 4. The first kappa shape index (κ1) is 16.5. The van der Waals surface area contributed by atoms with E-state index in [2.05, 4.69) is 27.4 Å². The second kappa shape index (κ2) is 7.14. The van der Waals surface area contributed by atoms with E-state index in [4.69, 9.17) is 11.6 Å². The van der Waals surface area contributed by atoms with Crippen LogP contribution >= 0.6 is 11.6 Å². The average molecular weight is 365 g/mol. The fraction of sp³-hybridized carbons (Fsp3) is 0.150. The Morgan fingerprint density at radius 3 is 2.65 bits per heavy atom. The highest BCUT2D eigenvalue weighted by Gasteiger charge is 2.22. The summed E-state index contributed by atoms with van der Waals surface area (Å²) in [5.41, 5.74) is 3.60. The zero-order valence-corrected chi connectivity index (χ0v) is 14.8. The lowest BCUT2D eigenvalue weighted by Gasteiger charge is -2.28. The van der Waals surface area contributed by atoms with Crippen molar-refractivity contribution in [3.05, 3.63) is 82.8 Å². The van der Waals surface area contributed by atoms with Gasteiger partial charge in [-0.3, -0.25) is 4.79 Å². The third-order valence-corrected chi connectivity index (χ3v) is 4.77. The highest BCUT2D eigenvalue weighted by molar-refractivity contribution is 6.33. The Hall–Kier alpha value is -2.92. The number of benzene rings is 2. The van der Waals surface area contributed by atoms with Gasteiger partial charge in [-0.05, 0) is 29.7 Å². The molecule has 3 aromatic rings. The van der Waals surface area contributed by atoms with Gasteiger partial charge in [0, 0.05) is 19.2 Å². The summed E-state index contributed by atoms with van der Waals surface area (Å²) < 4.78 is 0. The van der Waals surface area contributed by atoms with Crippen molar-refractivity contribution < 1.29 is 4.79 Å². The third-order valence-electron chi connectivity index (χ3n) is 4.44. The van der Waals surface area contributed by atoms with E-state index in [9.17, 15) is 4.79 Å². The van der Waals surface area contributed by atoms with E-state index in [1.165, 1.54) is 17.5 Å². The van der Waals surface area contributed by atoms with Crippen LogP contribution in [0.4, 0.5) is 11.5 Å². The second-order valence-corrected chi connectivity index (χ2v) is 6.55. The van der Waals surface area contributed by atoms with Crippen LogP contribution in [0, 0.1) is 0 Å². The minimum atomic E-state index is -0.0934. The van der Waals surface area contributed by atoms with Gasteiger partial charge in [-0.1, -0.05) is 48.0 Å². The van der Waals surface area contributed by atoms with Crippen LogP contribution in [0.1, 0.15) is 21.6 Å². The lowest BCUT2D eigenvalue weighted by molar-refractivity contribution is 0.0728. The highest BCUT2D eigenvalue weighted by atomic mass is 35.5. The molecule has 0 saturated carbocycles. The van der Waals surface area contributed by atoms with Crippen LogP contribution in [0.3, 0.4) is 0 Å². The summed E-state index contributed by atoms with van der Waals surface area (Å²) in [7, 11) is 0. The molecule has 1 aliphatic rings. The summed E-state index contributed by atoms with van der Waals surface area (Å²) in [5, 5.41) is 3.72. The fourth-order valence-electron chi connectivity index (χ4n) is 3.07. The quantitative estimate of drug-likeness (QED) is 0.761. The van der Waals surface area contributed by atoms with Crippen LogP contribution in [0.15, 0.2) is 60.9 Å². The number of nitrogens with one attached hydrogen (secondary N) is 1. The Morgan fingerprint density at radius 2 is 1.81 bits per heavy atom. The van der Waals surface area contributed by atoms with Gasteiger partial charge >= 0.3 is 0 Å². The van der Waals surface area contributed by atoms with Gasteiger partial charge in [-0.15, -0.1) is 0 Å². The first-order valence-electron chi connectivity index (χ1n) is 8.40. The first-order chi connectivity index (χ1) is 12.7. The Bertz CT molecular complexity index is 960. The van der Waals surface area contributed by atoms with Crippen molar-refractivity contribution in [2.75, 3.05) is 11.9 Å². The van der Waals surface area contributed by atoms with Crippen LogP contribution in [-0.4, -0.2) is 27.3 Å². The van der Waals surface area contributed by atoms with Crippen LogP contribution in [0.2, 0.25) is 5.02 Å². The molecular formula is C20H17ClN4O.